The minimum Gasteiger partial charge on any atom is -0.327 e. The molecule has 0 saturated carbocycles. The van der Waals surface area contributed by atoms with Gasteiger partial charge in [0.05, 0.1) is 17.1 Å². The maximum Gasteiger partial charge on any atom is 0.240 e. The van der Waals surface area contributed by atoms with Crippen LogP contribution in [0.1, 0.15) is 28.1 Å². The van der Waals surface area contributed by atoms with Gasteiger partial charge in [-0.05, 0) is 57.2 Å². The quantitative estimate of drug-likeness (QED) is 0.770. The zero-order valence-corrected chi connectivity index (χ0v) is 16.3. The molecule has 3 N–H and O–H groups in total. The number of benzene rings is 1. The Morgan fingerprint density at radius 3 is 2.62 bits per heavy atom. The van der Waals surface area contributed by atoms with Gasteiger partial charge < -0.3 is 5.73 Å². The minimum atomic E-state index is -3.47. The molecule has 1 aromatic heterocycles. The Hall–Kier alpha value is -2.03. The van der Waals surface area contributed by atoms with Crippen molar-refractivity contribution in [1.82, 2.24) is 14.5 Å². The molecule has 0 radical (unpaired) electrons. The van der Waals surface area contributed by atoms with Gasteiger partial charge in [-0.15, -0.1) is 0 Å². The summed E-state index contributed by atoms with van der Waals surface area (Å²) in [5.74, 6) is -0.268. The number of nitrogens with two attached hydrogens (primary N) is 1. The van der Waals surface area contributed by atoms with Gasteiger partial charge in [-0.25, -0.2) is 17.5 Å². The normalized spacial score (nSPS) is 12.6. The molecule has 1 aromatic carbocycles. The molecular weight excluding hydrogens is 355 g/mol. The first-order chi connectivity index (χ1) is 12.2. The van der Waals surface area contributed by atoms with Gasteiger partial charge >= 0.3 is 0 Å². The van der Waals surface area contributed by atoms with Gasteiger partial charge in [-0.1, -0.05) is 6.07 Å². The highest BCUT2D eigenvalue weighted by Crippen LogP contribution is 2.21. The Morgan fingerprint density at radius 2 is 2.04 bits per heavy atom. The lowest BCUT2D eigenvalue weighted by Gasteiger charge is -2.11. The zero-order chi connectivity index (χ0) is 19.5. The Morgan fingerprint density at radius 1 is 1.35 bits per heavy atom. The summed E-state index contributed by atoms with van der Waals surface area (Å²) in [6.45, 7) is 6.27. The minimum absolute atomic E-state index is 0.166. The third-order valence-corrected chi connectivity index (χ3v) is 5.84. The first-order valence-corrected chi connectivity index (χ1v) is 9.78. The van der Waals surface area contributed by atoms with Crippen molar-refractivity contribution in [2.75, 3.05) is 13.6 Å². The summed E-state index contributed by atoms with van der Waals surface area (Å²) in [6.07, 6.45) is 1.54. The van der Waals surface area contributed by atoms with Crippen LogP contribution >= 0.6 is 0 Å². The molecule has 6 nitrogen and oxygen atoms in total. The Kier molecular flexibility index (Phi) is 6.33. The Bertz CT molecular complexity index is 933. The first kappa shape index (κ1) is 20.3. The van der Waals surface area contributed by atoms with Crippen molar-refractivity contribution in [3.63, 3.8) is 0 Å². The van der Waals surface area contributed by atoms with Crippen LogP contribution in [0.3, 0.4) is 0 Å². The number of allylic oxidation sites excluding steroid dienone is 1. The fourth-order valence-electron chi connectivity index (χ4n) is 2.80. The third-order valence-electron chi connectivity index (χ3n) is 4.43. The van der Waals surface area contributed by atoms with E-state index in [4.69, 9.17) is 5.73 Å². The fraction of sp³-hybridized carbons (Fsp3) is 0.389. The molecule has 0 fully saturated rings. The largest absolute Gasteiger partial charge is 0.327 e. The summed E-state index contributed by atoms with van der Waals surface area (Å²) in [5.41, 5.74) is 9.66. The van der Waals surface area contributed by atoms with E-state index in [0.717, 1.165) is 28.1 Å². The Balaban J connectivity index is 2.31. The molecule has 0 aliphatic carbocycles. The van der Waals surface area contributed by atoms with Crippen LogP contribution in [0.25, 0.3) is 0 Å². The maximum atomic E-state index is 13.8. The lowest BCUT2D eigenvalue weighted by atomic mass is 10.1. The molecule has 0 unspecified atom stereocenters. The highest BCUT2D eigenvalue weighted by molar-refractivity contribution is 7.89. The van der Waals surface area contributed by atoms with Crippen LogP contribution in [0.2, 0.25) is 0 Å². The van der Waals surface area contributed by atoms with Crippen molar-refractivity contribution < 1.29 is 12.8 Å². The summed E-state index contributed by atoms with van der Waals surface area (Å²) in [5, 5.41) is 4.51. The van der Waals surface area contributed by atoms with Crippen LogP contribution in [0.4, 0.5) is 4.39 Å². The van der Waals surface area contributed by atoms with Gasteiger partial charge in [0, 0.05) is 24.2 Å². The number of aromatic nitrogens is 2. The molecule has 1 heterocycles. The molecule has 2 rings (SSSR count). The molecule has 0 amide bonds. The predicted octanol–water partition coefficient (Wildman–Crippen LogP) is 2.12. The van der Waals surface area contributed by atoms with Gasteiger partial charge in [-0.2, -0.15) is 5.10 Å². The number of nitrogens with zero attached hydrogens (tertiary/aromatic N) is 2. The van der Waals surface area contributed by atoms with Gasteiger partial charge in [-0.3, -0.25) is 4.68 Å². The third kappa shape index (κ3) is 4.38. The summed E-state index contributed by atoms with van der Waals surface area (Å²) < 4.78 is 41.7. The molecule has 26 heavy (non-hydrogen) atoms. The van der Waals surface area contributed by atoms with E-state index in [2.05, 4.69) is 9.82 Å². The van der Waals surface area contributed by atoms with Crippen LogP contribution in [0, 0.1) is 20.8 Å². The lowest BCUT2D eigenvalue weighted by molar-refractivity contribution is 0.588. The highest BCUT2D eigenvalue weighted by atomic mass is 32.2. The number of nitrogens with one attached hydrogen (secondary N) is 1. The van der Waals surface area contributed by atoms with E-state index in [9.17, 15) is 12.8 Å². The van der Waals surface area contributed by atoms with Gasteiger partial charge in [0.2, 0.25) is 10.0 Å². The molecule has 0 aliphatic rings. The van der Waals surface area contributed by atoms with Crippen LogP contribution in [0.15, 0.2) is 35.0 Å². The van der Waals surface area contributed by atoms with Crippen molar-refractivity contribution >= 4 is 10.0 Å². The number of aryl methyl sites for hydroxylation is 2. The van der Waals surface area contributed by atoms with E-state index >= 15 is 0 Å². The van der Waals surface area contributed by atoms with E-state index in [1.807, 2.05) is 25.5 Å². The van der Waals surface area contributed by atoms with Crippen molar-refractivity contribution in [3.8, 4) is 0 Å². The standard InChI is InChI=1S/C18H25FN4O2S/c1-12-9-17(26(24,25)21-4)6-5-15(12)11-23-14(3)18(13(2)22-23)10-16(19)7-8-20/h5-7,9,21H,8,10-11,20H2,1-4H3/b16-7-. The molecule has 0 atom stereocenters. The molecule has 0 saturated heterocycles. The van der Waals surface area contributed by atoms with Crippen molar-refractivity contribution in [1.29, 1.82) is 0 Å². The molecule has 0 aliphatic heterocycles. The second-order valence-corrected chi connectivity index (χ2v) is 8.05. The van der Waals surface area contributed by atoms with Crippen LogP contribution < -0.4 is 10.5 Å². The summed E-state index contributed by atoms with van der Waals surface area (Å²) in [6, 6.07) is 4.99. The molecular formula is C18H25FN4O2S. The predicted molar refractivity (Wildman–Crippen MR) is 100 cm³/mol. The maximum absolute atomic E-state index is 13.8. The second-order valence-electron chi connectivity index (χ2n) is 6.17. The number of hydrogen-bond donors (Lipinski definition) is 2. The molecule has 2 aromatic rings. The van der Waals surface area contributed by atoms with E-state index in [1.54, 1.807) is 18.2 Å². The number of rotatable bonds is 7. The summed E-state index contributed by atoms with van der Waals surface area (Å²) in [4.78, 5) is 0.226. The number of hydrogen-bond acceptors (Lipinski definition) is 4. The summed E-state index contributed by atoms with van der Waals surface area (Å²) in [7, 11) is -2.09. The average Bonchev–Trinajstić information content (AvgIpc) is 2.84. The number of halogens is 1. The molecule has 0 spiro atoms. The van der Waals surface area contributed by atoms with Crippen molar-refractivity contribution in [2.45, 2.75) is 38.6 Å². The van der Waals surface area contributed by atoms with Gasteiger partial charge in [0.25, 0.3) is 0 Å². The van der Waals surface area contributed by atoms with E-state index < -0.39 is 10.0 Å². The van der Waals surface area contributed by atoms with E-state index in [0.29, 0.717) is 6.54 Å². The van der Waals surface area contributed by atoms with Crippen molar-refractivity contribution in [2.24, 2.45) is 5.73 Å². The highest BCUT2D eigenvalue weighted by Gasteiger charge is 2.16. The first-order valence-electron chi connectivity index (χ1n) is 8.30. The SMILES string of the molecule is CNS(=O)(=O)c1ccc(Cn2nc(C)c(C/C(F)=C/CN)c2C)c(C)c1. The second kappa shape index (κ2) is 8.11. The average molecular weight is 380 g/mol. The van der Waals surface area contributed by atoms with Crippen molar-refractivity contribution in [3.05, 3.63) is 58.2 Å². The zero-order valence-electron chi connectivity index (χ0n) is 15.5. The molecule has 8 heteroatoms. The van der Waals surface area contributed by atoms with Crippen LogP contribution in [0.5, 0.6) is 0 Å². The van der Waals surface area contributed by atoms with Crippen LogP contribution in [-0.2, 0) is 23.0 Å². The summed E-state index contributed by atoms with van der Waals surface area (Å²) >= 11 is 0. The van der Waals surface area contributed by atoms with Crippen LogP contribution in [-0.4, -0.2) is 31.8 Å². The monoisotopic (exact) mass is 380 g/mol. The Labute approximate surface area is 154 Å². The smallest absolute Gasteiger partial charge is 0.240 e. The molecule has 142 valence electrons. The lowest BCUT2D eigenvalue weighted by Crippen LogP contribution is -2.18. The van der Waals surface area contributed by atoms with E-state index in [1.165, 1.54) is 13.1 Å². The van der Waals surface area contributed by atoms with Gasteiger partial charge in [0.1, 0.15) is 5.83 Å². The van der Waals surface area contributed by atoms with E-state index in [-0.39, 0.29) is 23.7 Å². The fourth-order valence-corrected chi connectivity index (χ4v) is 3.62. The van der Waals surface area contributed by atoms with Gasteiger partial charge in [0.15, 0.2) is 0 Å². The number of sulfonamides is 1. The topological polar surface area (TPSA) is 90.0 Å². The molecule has 0 bridgehead atoms.